The van der Waals surface area contributed by atoms with E-state index >= 15 is 0 Å². The number of ether oxygens (including phenoxy) is 3. The Morgan fingerprint density at radius 3 is 2.26 bits per heavy atom. The highest BCUT2D eigenvalue weighted by Crippen LogP contribution is 2.36. The molecule has 3 aromatic rings. The van der Waals surface area contributed by atoms with Gasteiger partial charge in [0.25, 0.3) is 0 Å². The second kappa shape index (κ2) is 13.2. The maximum atomic E-state index is 12.0. The zero-order valence-electron chi connectivity index (χ0n) is 20.7. The maximum absolute atomic E-state index is 12.0. The van der Waals surface area contributed by atoms with Crippen LogP contribution in [0.2, 0.25) is 0 Å². The first-order chi connectivity index (χ1) is 17.0. The molecular formula is C30H33NO4. The lowest BCUT2D eigenvalue weighted by Crippen LogP contribution is -2.19. The van der Waals surface area contributed by atoms with E-state index in [0.29, 0.717) is 12.4 Å². The van der Waals surface area contributed by atoms with E-state index in [1.54, 1.807) is 6.07 Å². The second-order valence-electron chi connectivity index (χ2n) is 8.23. The van der Waals surface area contributed by atoms with Crippen LogP contribution in [0, 0.1) is 0 Å². The van der Waals surface area contributed by atoms with Gasteiger partial charge in [-0.05, 0) is 72.6 Å². The molecular weight excluding hydrogens is 438 g/mol. The fraction of sp³-hybridized carbons (Fsp3) is 0.233. The smallest absolute Gasteiger partial charge is 0.492 e. The topological polar surface area (TPSA) is 48.0 Å². The number of carbonyl (C=O) groups is 1. The molecule has 0 saturated carbocycles. The molecule has 0 aromatic heterocycles. The van der Waals surface area contributed by atoms with E-state index in [-0.39, 0.29) is 6.61 Å². The van der Waals surface area contributed by atoms with Gasteiger partial charge < -0.3 is 19.1 Å². The number of allylic oxidation sites excluding steroid dienone is 1. The highest BCUT2D eigenvalue weighted by Gasteiger charge is 2.15. The number of benzene rings is 3. The SMILES string of the molecule is C=CCOC(=O)Oc1cccc(C(=C(CC)c2ccccc2)c2ccc(OCCN(C)C)cc2)c1. The van der Waals surface area contributed by atoms with E-state index in [1.165, 1.54) is 11.6 Å². The first-order valence-electron chi connectivity index (χ1n) is 11.7. The van der Waals surface area contributed by atoms with Gasteiger partial charge in [-0.1, -0.05) is 74.2 Å². The number of hydrogen-bond acceptors (Lipinski definition) is 5. The molecule has 182 valence electrons. The monoisotopic (exact) mass is 471 g/mol. The Morgan fingerprint density at radius 1 is 0.886 bits per heavy atom. The summed E-state index contributed by atoms with van der Waals surface area (Å²) in [7, 11) is 4.05. The van der Waals surface area contributed by atoms with Crippen molar-refractivity contribution in [3.8, 4) is 11.5 Å². The quantitative estimate of drug-likeness (QED) is 0.135. The highest BCUT2D eigenvalue weighted by molar-refractivity contribution is 5.98. The van der Waals surface area contributed by atoms with Crippen molar-refractivity contribution < 1.29 is 19.0 Å². The van der Waals surface area contributed by atoms with Crippen LogP contribution < -0.4 is 9.47 Å². The van der Waals surface area contributed by atoms with Gasteiger partial charge in [-0.3, -0.25) is 0 Å². The molecule has 0 N–H and O–H groups in total. The van der Waals surface area contributed by atoms with Crippen LogP contribution in [0.4, 0.5) is 4.79 Å². The zero-order chi connectivity index (χ0) is 25.0. The van der Waals surface area contributed by atoms with Crippen LogP contribution in [0.15, 0.2) is 91.5 Å². The summed E-state index contributed by atoms with van der Waals surface area (Å²) in [6.45, 7) is 7.27. The number of rotatable bonds is 11. The summed E-state index contributed by atoms with van der Waals surface area (Å²) < 4.78 is 16.2. The minimum atomic E-state index is -0.759. The molecule has 35 heavy (non-hydrogen) atoms. The van der Waals surface area contributed by atoms with E-state index in [2.05, 4.69) is 42.7 Å². The van der Waals surface area contributed by atoms with E-state index in [4.69, 9.17) is 14.2 Å². The van der Waals surface area contributed by atoms with Gasteiger partial charge in [0.1, 0.15) is 24.7 Å². The summed E-state index contributed by atoms with van der Waals surface area (Å²) in [6, 6.07) is 26.0. The van der Waals surface area contributed by atoms with Crippen molar-refractivity contribution in [1.29, 1.82) is 0 Å². The second-order valence-corrected chi connectivity index (χ2v) is 8.23. The Hall–Kier alpha value is -3.83. The fourth-order valence-corrected chi connectivity index (χ4v) is 3.71. The van der Waals surface area contributed by atoms with Gasteiger partial charge >= 0.3 is 6.16 Å². The minimum Gasteiger partial charge on any atom is -0.492 e. The highest BCUT2D eigenvalue weighted by atomic mass is 16.7. The molecule has 0 atom stereocenters. The molecule has 0 heterocycles. The Bertz CT molecular complexity index is 1130. The molecule has 0 bridgehead atoms. The number of likely N-dealkylation sites (N-methyl/N-ethyl adjacent to an activating group) is 1. The molecule has 3 rings (SSSR count). The van der Waals surface area contributed by atoms with Gasteiger partial charge in [0, 0.05) is 6.54 Å². The molecule has 0 amide bonds. The standard InChI is InChI=1S/C30H33NO4/c1-5-20-34-30(32)35-27-14-10-13-25(22-27)29(28(6-2)23-11-8-7-9-12-23)24-15-17-26(18-16-24)33-21-19-31(3)4/h5,7-18,22H,1,6,19-21H2,2-4H3. The molecule has 0 aliphatic carbocycles. The largest absolute Gasteiger partial charge is 0.514 e. The summed E-state index contributed by atoms with van der Waals surface area (Å²) in [5.41, 5.74) is 5.41. The number of carbonyl (C=O) groups excluding carboxylic acids is 1. The van der Waals surface area contributed by atoms with Crippen LogP contribution in [-0.4, -0.2) is 44.9 Å². The normalized spacial score (nSPS) is 11.5. The van der Waals surface area contributed by atoms with Gasteiger partial charge in [0.05, 0.1) is 0 Å². The Labute approximate surface area is 208 Å². The van der Waals surface area contributed by atoms with Crippen LogP contribution >= 0.6 is 0 Å². The average molecular weight is 472 g/mol. The molecule has 0 spiro atoms. The summed E-state index contributed by atoms with van der Waals surface area (Å²) in [5, 5.41) is 0. The van der Waals surface area contributed by atoms with Gasteiger partial charge in [-0.25, -0.2) is 4.79 Å². The summed E-state index contributed by atoms with van der Waals surface area (Å²) >= 11 is 0. The van der Waals surface area contributed by atoms with Crippen molar-refractivity contribution in [1.82, 2.24) is 4.90 Å². The van der Waals surface area contributed by atoms with E-state index in [1.807, 2.05) is 62.6 Å². The molecule has 5 heteroatoms. The summed E-state index contributed by atoms with van der Waals surface area (Å²) in [6.07, 6.45) is 1.57. The predicted octanol–water partition coefficient (Wildman–Crippen LogP) is 6.70. The van der Waals surface area contributed by atoms with Crippen molar-refractivity contribution in [3.05, 3.63) is 108 Å². The van der Waals surface area contributed by atoms with Crippen molar-refractivity contribution in [2.45, 2.75) is 13.3 Å². The summed E-state index contributed by atoms with van der Waals surface area (Å²) in [5.74, 6) is 1.25. The predicted molar refractivity (Wildman–Crippen MR) is 142 cm³/mol. The van der Waals surface area contributed by atoms with E-state index < -0.39 is 6.16 Å². The lowest BCUT2D eigenvalue weighted by atomic mass is 9.88. The molecule has 0 radical (unpaired) electrons. The van der Waals surface area contributed by atoms with Crippen molar-refractivity contribution in [2.24, 2.45) is 0 Å². The van der Waals surface area contributed by atoms with Crippen molar-refractivity contribution in [3.63, 3.8) is 0 Å². The first-order valence-corrected chi connectivity index (χ1v) is 11.7. The maximum Gasteiger partial charge on any atom is 0.514 e. The van der Waals surface area contributed by atoms with E-state index in [9.17, 15) is 4.79 Å². The Kier molecular flexibility index (Phi) is 9.69. The number of hydrogen-bond donors (Lipinski definition) is 0. The third-order valence-electron chi connectivity index (χ3n) is 5.37. The molecule has 0 fully saturated rings. The molecule has 5 nitrogen and oxygen atoms in total. The van der Waals surface area contributed by atoms with Crippen LogP contribution in [-0.2, 0) is 4.74 Å². The van der Waals surface area contributed by atoms with Gasteiger partial charge in [-0.15, -0.1) is 0 Å². The van der Waals surface area contributed by atoms with Crippen molar-refractivity contribution >= 4 is 17.3 Å². The lowest BCUT2D eigenvalue weighted by molar-refractivity contribution is 0.109. The van der Waals surface area contributed by atoms with Gasteiger partial charge in [0.15, 0.2) is 0 Å². The molecule has 0 aliphatic rings. The lowest BCUT2D eigenvalue weighted by Gasteiger charge is -2.18. The third kappa shape index (κ3) is 7.59. The van der Waals surface area contributed by atoms with Crippen LogP contribution in [0.1, 0.15) is 30.0 Å². The van der Waals surface area contributed by atoms with Crippen LogP contribution in [0.5, 0.6) is 11.5 Å². The van der Waals surface area contributed by atoms with Gasteiger partial charge in [-0.2, -0.15) is 0 Å². The van der Waals surface area contributed by atoms with Crippen LogP contribution in [0.25, 0.3) is 11.1 Å². The Morgan fingerprint density at radius 2 is 1.60 bits per heavy atom. The molecule has 0 aliphatic heterocycles. The zero-order valence-corrected chi connectivity index (χ0v) is 20.7. The van der Waals surface area contributed by atoms with Crippen molar-refractivity contribution in [2.75, 3.05) is 33.9 Å². The first kappa shape index (κ1) is 25.8. The molecule has 3 aromatic carbocycles. The molecule has 0 unspecified atom stereocenters. The van der Waals surface area contributed by atoms with Crippen LogP contribution in [0.3, 0.4) is 0 Å². The number of nitrogens with zero attached hydrogens (tertiary/aromatic N) is 1. The minimum absolute atomic E-state index is 0.0978. The fourth-order valence-electron chi connectivity index (χ4n) is 3.71. The average Bonchev–Trinajstić information content (AvgIpc) is 2.87. The summed E-state index contributed by atoms with van der Waals surface area (Å²) in [4.78, 5) is 14.1. The van der Waals surface area contributed by atoms with E-state index in [0.717, 1.165) is 41.0 Å². The third-order valence-corrected chi connectivity index (χ3v) is 5.37. The van der Waals surface area contributed by atoms with Gasteiger partial charge in [0.2, 0.25) is 0 Å². The molecule has 0 saturated heterocycles. The Balaban J connectivity index is 2.01.